The van der Waals surface area contributed by atoms with E-state index in [0.717, 1.165) is 71.3 Å². The molecule has 2 aliphatic carbocycles. The molecule has 4 aromatic heterocycles. The number of nitrogens with zero attached hydrogens (tertiary/aromatic N) is 5. The van der Waals surface area contributed by atoms with E-state index in [0.29, 0.717) is 51.7 Å². The molecule has 4 amide bonds. The second kappa shape index (κ2) is 17.5. The summed E-state index contributed by atoms with van der Waals surface area (Å²) >= 11 is 1.67. The molecule has 3 fully saturated rings. The van der Waals surface area contributed by atoms with E-state index in [1.807, 2.05) is 61.4 Å². The van der Waals surface area contributed by atoms with Crippen molar-refractivity contribution in [1.82, 2.24) is 40.0 Å². The van der Waals surface area contributed by atoms with Crippen molar-refractivity contribution in [3.8, 4) is 39.5 Å². The minimum Gasteiger partial charge on any atom is -0.464 e. The summed E-state index contributed by atoms with van der Waals surface area (Å²) < 4.78 is 37.5. The van der Waals surface area contributed by atoms with Gasteiger partial charge in [0.1, 0.15) is 23.4 Å². The number of ether oxygens (including phenoxy) is 3. The summed E-state index contributed by atoms with van der Waals surface area (Å²) in [4.78, 5) is 73.4. The number of rotatable bonds is 12. The molecular formula is C52H57FN9O7S+. The van der Waals surface area contributed by atoms with Crippen LogP contribution in [0.1, 0.15) is 106 Å². The summed E-state index contributed by atoms with van der Waals surface area (Å²) in [6.45, 7) is 9.71. The fourth-order valence-corrected chi connectivity index (χ4v) is 12.2. The van der Waals surface area contributed by atoms with Crippen molar-refractivity contribution in [3.63, 3.8) is 0 Å². The number of thiophene rings is 1. The van der Waals surface area contributed by atoms with Crippen LogP contribution >= 0.6 is 11.3 Å². The largest absolute Gasteiger partial charge is 0.464 e. The predicted octanol–water partition coefficient (Wildman–Crippen LogP) is 9.05. The Kier molecular flexibility index (Phi) is 11.4. The van der Waals surface area contributed by atoms with E-state index >= 15 is 4.39 Å². The first-order valence-electron chi connectivity index (χ1n) is 24.3. The zero-order chi connectivity index (χ0) is 48.9. The maximum absolute atomic E-state index is 17.0. The molecule has 0 spiro atoms. The molecule has 7 heterocycles. The molecule has 18 heteroatoms. The maximum atomic E-state index is 17.0. The first kappa shape index (κ1) is 45.6. The Bertz CT molecular complexity index is 3130. The Hall–Kier alpha value is -6.82. The second-order valence-corrected chi connectivity index (χ2v) is 21.2. The van der Waals surface area contributed by atoms with E-state index in [2.05, 4.69) is 50.3 Å². The van der Waals surface area contributed by atoms with Gasteiger partial charge in [0, 0.05) is 40.3 Å². The monoisotopic (exact) mass is 970 g/mol. The number of halogens is 1. The fraction of sp³-hybridized carbons (Fsp3) is 0.442. The normalized spacial score (nSPS) is 22.7. The third-order valence-corrected chi connectivity index (χ3v) is 16.4. The van der Waals surface area contributed by atoms with Gasteiger partial charge in [-0.05, 0) is 85.9 Å². The molecule has 2 aromatic carbocycles. The smallest absolute Gasteiger partial charge is 0.410 e. The van der Waals surface area contributed by atoms with Crippen LogP contribution in [0.2, 0.25) is 0 Å². The number of hydrogen-bond donors (Lipinski definition) is 4. The van der Waals surface area contributed by atoms with E-state index in [9.17, 15) is 19.2 Å². The molecule has 3 aliphatic heterocycles. The lowest BCUT2D eigenvalue weighted by molar-refractivity contribution is -0.491. The van der Waals surface area contributed by atoms with Crippen molar-refractivity contribution in [2.45, 2.75) is 110 Å². The number of aromatic nitrogens is 5. The Morgan fingerprint density at radius 1 is 0.886 bits per heavy atom. The van der Waals surface area contributed by atoms with Crippen LogP contribution in [-0.2, 0) is 25.5 Å². The summed E-state index contributed by atoms with van der Waals surface area (Å²) in [5.74, 6) is 1.18. The van der Waals surface area contributed by atoms with Crippen molar-refractivity contribution in [3.05, 3.63) is 88.1 Å². The Morgan fingerprint density at radius 3 is 2.29 bits per heavy atom. The minimum atomic E-state index is -0.764. The van der Waals surface area contributed by atoms with Crippen molar-refractivity contribution in [2.24, 2.45) is 23.7 Å². The number of H-pyrrole nitrogens is 2. The summed E-state index contributed by atoms with van der Waals surface area (Å²) in [7, 11) is 2.57. The summed E-state index contributed by atoms with van der Waals surface area (Å²) in [5.41, 5.74) is 5.76. The number of imidazole rings is 2. The number of alkyl carbamates (subject to hydrolysis) is 2. The van der Waals surface area contributed by atoms with E-state index in [1.165, 1.54) is 25.2 Å². The predicted molar refractivity (Wildman–Crippen MR) is 260 cm³/mol. The molecule has 1 saturated heterocycles. The number of likely N-dealkylation sites (tertiary alicyclic amines) is 1. The Labute approximate surface area is 408 Å². The molecule has 11 rings (SSSR count). The zero-order valence-electron chi connectivity index (χ0n) is 40.2. The molecular weight excluding hydrogens is 914 g/mol. The van der Waals surface area contributed by atoms with Gasteiger partial charge in [-0.15, -0.1) is 11.3 Å². The number of aromatic amines is 2. The van der Waals surface area contributed by atoms with Gasteiger partial charge in [0.25, 0.3) is 0 Å². The lowest BCUT2D eigenvalue weighted by Crippen LogP contribution is -2.54. The number of amides is 4. The average Bonchev–Trinajstić information content (AvgIpc) is 4.06. The topological polar surface area (TPSA) is 189 Å². The summed E-state index contributed by atoms with van der Waals surface area (Å²) in [5, 5.41) is 6.36. The molecule has 0 bridgehead atoms. The minimum absolute atomic E-state index is 0.0511. The number of nitrogens with one attached hydrogen (secondary N) is 4. The van der Waals surface area contributed by atoms with Crippen LogP contribution in [0.25, 0.3) is 44.7 Å². The number of aryl methyl sites for hydroxylation is 1. The van der Waals surface area contributed by atoms with E-state index in [-0.39, 0.29) is 41.8 Å². The summed E-state index contributed by atoms with van der Waals surface area (Å²) in [6.07, 6.45) is 6.68. The van der Waals surface area contributed by atoms with Crippen LogP contribution in [-0.4, -0.2) is 96.0 Å². The van der Waals surface area contributed by atoms with Crippen molar-refractivity contribution in [1.29, 1.82) is 0 Å². The molecule has 8 atom stereocenters. The third-order valence-electron chi connectivity index (χ3n) is 15.1. The number of fused-ring (bicyclic) bond motifs is 7. The Balaban J connectivity index is 0.913. The van der Waals surface area contributed by atoms with Crippen LogP contribution in [0, 0.1) is 29.5 Å². The highest BCUT2D eigenvalue weighted by Crippen LogP contribution is 2.51. The number of carbonyl (C=O) groups excluding carboxylic acids is 4. The lowest BCUT2D eigenvalue weighted by atomic mass is 9.80. The summed E-state index contributed by atoms with van der Waals surface area (Å²) in [6, 6.07) is 13.6. The molecule has 2 saturated carbocycles. The number of hydrogen-bond acceptors (Lipinski definition) is 10. The van der Waals surface area contributed by atoms with Crippen LogP contribution in [0.15, 0.2) is 60.9 Å². The van der Waals surface area contributed by atoms with E-state index in [4.69, 9.17) is 24.2 Å². The molecule has 6 aromatic rings. The van der Waals surface area contributed by atoms with Crippen LogP contribution in [0.5, 0.6) is 5.75 Å². The van der Waals surface area contributed by atoms with E-state index in [1.54, 1.807) is 23.7 Å². The second-order valence-electron chi connectivity index (χ2n) is 20.0. The van der Waals surface area contributed by atoms with Gasteiger partial charge >= 0.3 is 18.1 Å². The number of carbonyl (C=O) groups is 4. The van der Waals surface area contributed by atoms with Gasteiger partial charge in [0.05, 0.1) is 71.6 Å². The quantitative estimate of drug-likeness (QED) is 0.0868. The van der Waals surface area contributed by atoms with Gasteiger partial charge in [-0.3, -0.25) is 9.36 Å². The third kappa shape index (κ3) is 7.65. The van der Waals surface area contributed by atoms with Crippen LogP contribution < -0.4 is 15.4 Å². The van der Waals surface area contributed by atoms with Gasteiger partial charge in [-0.25, -0.2) is 28.7 Å². The molecule has 70 heavy (non-hydrogen) atoms. The van der Waals surface area contributed by atoms with Gasteiger partial charge in [-0.2, -0.15) is 4.58 Å². The van der Waals surface area contributed by atoms with Crippen molar-refractivity contribution < 1.29 is 42.4 Å². The highest BCUT2D eigenvalue weighted by Gasteiger charge is 2.58. The van der Waals surface area contributed by atoms with Crippen molar-refractivity contribution in [2.75, 3.05) is 14.2 Å². The van der Waals surface area contributed by atoms with Gasteiger partial charge in [0.15, 0.2) is 17.6 Å². The standard InChI is InChI=1S/C52H56FN9O7S/c1-8-31-11-14-42(70-31)50-62-36-12-9-26(33-22-54-47(56-33)40-20-30-18-37(30)61(40)49(64)45(25(4)5)59-52(66)68-7)15-29(36)19-38(62)43-32(53)16-28(21-41(43)69-50)34-23-55-46(57-34)39-17-27-10-13-35(27)60(39)48(63)44(24(2)3)58-51(65)67-6/h9,11-12,14-16,19,21-25,27,30,35,39-40,44-45,50H,8,10,13,17-18,20H2,1-7H3,(H3-,54,55,56,57,58,59,65,66)/p+1. The van der Waals surface area contributed by atoms with Gasteiger partial charge in [0.2, 0.25) is 18.2 Å². The van der Waals surface area contributed by atoms with Crippen LogP contribution in [0.3, 0.4) is 0 Å². The maximum Gasteiger partial charge on any atom is 0.410 e. The highest BCUT2D eigenvalue weighted by molar-refractivity contribution is 7.12. The Morgan fingerprint density at radius 2 is 1.60 bits per heavy atom. The lowest BCUT2D eigenvalue weighted by Gasteiger charge is -2.39. The fourth-order valence-electron chi connectivity index (χ4n) is 11.2. The molecule has 5 aliphatic rings. The average molecular weight is 971 g/mol. The zero-order valence-corrected chi connectivity index (χ0v) is 41.0. The van der Waals surface area contributed by atoms with E-state index < -0.39 is 36.3 Å². The molecule has 4 N–H and O–H groups in total. The SMILES string of the molecule is CCc1ccc(C2Oc3cc(-c4cnc(C5CC6CCC6N5C(=O)C(NC(=O)OC)C(C)C)[nH]4)cc(F)c3-c3cc4cc(-c5cnc(C6CC7CC7=[N+]6C(=O)C(NC(=O)OC)C(C)C)[nH]5)ccc4n32)s1. The van der Waals surface area contributed by atoms with Gasteiger partial charge in [-0.1, -0.05) is 40.7 Å². The first-order chi connectivity index (χ1) is 33.7. The molecule has 364 valence electrons. The molecule has 16 nitrogen and oxygen atoms in total. The number of methoxy groups -OCH3 is 2. The number of benzene rings is 2. The van der Waals surface area contributed by atoms with Crippen LogP contribution in [0.4, 0.5) is 14.0 Å². The highest BCUT2D eigenvalue weighted by atomic mass is 32.1. The first-order valence-corrected chi connectivity index (χ1v) is 25.1. The molecule has 8 unspecified atom stereocenters. The molecule has 0 radical (unpaired) electrons. The van der Waals surface area contributed by atoms with Crippen molar-refractivity contribution >= 4 is 52.0 Å². The van der Waals surface area contributed by atoms with Gasteiger partial charge < -0.3 is 39.7 Å².